The van der Waals surface area contributed by atoms with Crippen LogP contribution in [0.15, 0.2) is 73.2 Å². The summed E-state index contributed by atoms with van der Waals surface area (Å²) in [5.74, 6) is 0.628. The number of nitrogens with one attached hydrogen (secondary N) is 1. The molecule has 1 aliphatic rings. The minimum absolute atomic E-state index is 0.0376. The molecule has 1 fully saturated rings. The monoisotopic (exact) mass is 538 g/mol. The van der Waals surface area contributed by atoms with Gasteiger partial charge in [-0.1, -0.05) is 12.1 Å². The van der Waals surface area contributed by atoms with E-state index in [2.05, 4.69) is 20.4 Å². The molecular weight excluding hydrogens is 513 g/mol. The Bertz CT molecular complexity index is 1430. The number of pyridine rings is 2. The van der Waals surface area contributed by atoms with Crippen molar-refractivity contribution >= 4 is 11.6 Å². The minimum atomic E-state index is -4.65. The van der Waals surface area contributed by atoms with Crippen molar-refractivity contribution in [3.63, 3.8) is 0 Å². The van der Waals surface area contributed by atoms with Crippen LogP contribution in [0.2, 0.25) is 0 Å². The zero-order valence-electron chi connectivity index (χ0n) is 20.7. The summed E-state index contributed by atoms with van der Waals surface area (Å²) in [6.45, 7) is 1.57. The van der Waals surface area contributed by atoms with Gasteiger partial charge in [-0.2, -0.15) is 18.3 Å². The summed E-state index contributed by atoms with van der Waals surface area (Å²) in [6, 6.07) is 13.9. The first-order valence-corrected chi connectivity index (χ1v) is 12.3. The molecule has 1 aliphatic heterocycles. The molecule has 0 aliphatic carbocycles. The normalized spacial score (nSPS) is 14.5. The quantitative estimate of drug-likeness (QED) is 0.303. The number of carbonyl (C=O) groups is 1. The summed E-state index contributed by atoms with van der Waals surface area (Å²) >= 11 is 0. The summed E-state index contributed by atoms with van der Waals surface area (Å²) < 4.78 is 47.7. The first-order chi connectivity index (χ1) is 18.8. The number of amides is 1. The number of hydrogen-bond donors (Lipinski definition) is 2. The molecule has 1 atom stereocenters. The highest BCUT2D eigenvalue weighted by atomic mass is 19.4. The molecule has 4 heterocycles. The third-order valence-electron chi connectivity index (χ3n) is 6.20. The van der Waals surface area contributed by atoms with Gasteiger partial charge in [0.25, 0.3) is 0 Å². The van der Waals surface area contributed by atoms with Gasteiger partial charge in [-0.15, -0.1) is 0 Å². The molecule has 1 unspecified atom stereocenters. The van der Waals surface area contributed by atoms with Gasteiger partial charge in [0.1, 0.15) is 12.4 Å². The average Bonchev–Trinajstić information content (AvgIpc) is 3.57. The van der Waals surface area contributed by atoms with Gasteiger partial charge < -0.3 is 20.1 Å². The van der Waals surface area contributed by atoms with Gasteiger partial charge in [-0.3, -0.25) is 9.78 Å². The van der Waals surface area contributed by atoms with Gasteiger partial charge in [0, 0.05) is 36.5 Å². The molecule has 12 heteroatoms. The number of ether oxygens (including phenoxy) is 1. The van der Waals surface area contributed by atoms with Gasteiger partial charge in [0.15, 0.2) is 17.7 Å². The molecule has 5 rings (SSSR count). The summed E-state index contributed by atoms with van der Waals surface area (Å²) in [6.07, 6.45) is -0.0790. The van der Waals surface area contributed by atoms with Crippen LogP contribution in [0, 0.1) is 0 Å². The zero-order chi connectivity index (χ0) is 27.4. The number of hydrogen-bond acceptors (Lipinski definition) is 7. The molecular formula is C27H25F3N6O3. The molecule has 0 saturated carbocycles. The Morgan fingerprint density at radius 2 is 1.97 bits per heavy atom. The third-order valence-corrected chi connectivity index (χ3v) is 6.20. The number of halogens is 3. The average molecular weight is 539 g/mol. The minimum Gasteiger partial charge on any atom is -0.492 e. The van der Waals surface area contributed by atoms with Gasteiger partial charge >= 0.3 is 6.18 Å². The third kappa shape index (κ3) is 6.17. The Morgan fingerprint density at radius 1 is 1.10 bits per heavy atom. The van der Waals surface area contributed by atoms with Crippen molar-refractivity contribution in [1.29, 1.82) is 0 Å². The van der Waals surface area contributed by atoms with E-state index in [-0.39, 0.29) is 17.4 Å². The maximum atomic E-state index is 13.7. The van der Waals surface area contributed by atoms with E-state index in [0.29, 0.717) is 42.1 Å². The molecule has 0 bridgehead atoms. The van der Waals surface area contributed by atoms with Crippen molar-refractivity contribution in [2.24, 2.45) is 0 Å². The second-order valence-electron chi connectivity index (χ2n) is 8.92. The van der Waals surface area contributed by atoms with Gasteiger partial charge in [-0.05, 0) is 48.9 Å². The molecule has 0 spiro atoms. The van der Waals surface area contributed by atoms with E-state index < -0.39 is 18.1 Å². The molecule has 1 amide bonds. The zero-order valence-corrected chi connectivity index (χ0v) is 20.7. The smallest absolute Gasteiger partial charge is 0.433 e. The predicted octanol–water partition coefficient (Wildman–Crippen LogP) is 4.45. The van der Waals surface area contributed by atoms with Crippen LogP contribution in [-0.4, -0.2) is 55.4 Å². The molecule has 2 N–H and O–H groups in total. The highest BCUT2D eigenvalue weighted by molar-refractivity contribution is 5.78. The second kappa shape index (κ2) is 11.1. The standard InChI is InChI=1S/C27H25F3N6O3/c28-27(29,30)23-15-22(19-5-2-10-31-16-19)34-36(23)24-9-8-20(17-32-24)33-26(38)18-4-1-6-21(14-18)39-13-12-35-11-3-7-25(35)37/h1-2,4-6,8-10,14-17,26,33,38H,3,7,11-13H2. The van der Waals surface area contributed by atoms with Gasteiger partial charge in [0.2, 0.25) is 5.91 Å². The molecule has 1 aromatic carbocycles. The van der Waals surface area contributed by atoms with Crippen LogP contribution in [0.25, 0.3) is 17.1 Å². The first-order valence-electron chi connectivity index (χ1n) is 12.3. The fourth-order valence-corrected chi connectivity index (χ4v) is 4.24. The van der Waals surface area contributed by atoms with Crippen molar-refractivity contribution in [3.8, 4) is 22.8 Å². The number of nitrogens with zero attached hydrogens (tertiary/aromatic N) is 5. The number of anilines is 1. The van der Waals surface area contributed by atoms with Gasteiger partial charge in [0.05, 0.1) is 24.1 Å². The van der Waals surface area contributed by atoms with Crippen LogP contribution in [0.3, 0.4) is 0 Å². The maximum Gasteiger partial charge on any atom is 0.433 e. The number of likely N-dealkylation sites (tertiary alicyclic amines) is 1. The van der Waals surface area contributed by atoms with Crippen molar-refractivity contribution in [1.82, 2.24) is 24.6 Å². The molecule has 39 heavy (non-hydrogen) atoms. The number of carbonyl (C=O) groups excluding carboxylic acids is 1. The number of alkyl halides is 3. The summed E-state index contributed by atoms with van der Waals surface area (Å²) in [5, 5.41) is 17.7. The number of rotatable bonds is 9. The summed E-state index contributed by atoms with van der Waals surface area (Å²) in [7, 11) is 0. The largest absolute Gasteiger partial charge is 0.492 e. The van der Waals surface area contributed by atoms with Crippen molar-refractivity contribution in [2.45, 2.75) is 25.2 Å². The van der Waals surface area contributed by atoms with E-state index in [9.17, 15) is 23.1 Å². The number of aliphatic hydroxyl groups is 1. The van der Waals surface area contributed by atoms with Crippen LogP contribution in [0.4, 0.5) is 18.9 Å². The Kier molecular flexibility index (Phi) is 7.46. The first kappa shape index (κ1) is 26.2. The molecule has 0 radical (unpaired) electrons. The Labute approximate surface area is 221 Å². The lowest BCUT2D eigenvalue weighted by Gasteiger charge is -2.18. The lowest BCUT2D eigenvalue weighted by molar-refractivity contribution is -0.142. The SMILES string of the molecule is O=C1CCCN1CCOc1cccc(C(O)Nc2ccc(-n3nc(-c4cccnc4)cc3C(F)(F)F)nc2)c1. The number of aromatic nitrogens is 4. The van der Waals surface area contributed by atoms with E-state index in [1.54, 1.807) is 41.3 Å². The van der Waals surface area contributed by atoms with E-state index in [4.69, 9.17) is 4.74 Å². The van der Waals surface area contributed by atoms with Crippen LogP contribution in [0.5, 0.6) is 5.75 Å². The fraction of sp³-hybridized carbons (Fsp3) is 0.259. The second-order valence-corrected chi connectivity index (χ2v) is 8.92. The van der Waals surface area contributed by atoms with Crippen molar-refractivity contribution < 1.29 is 27.8 Å². The highest BCUT2D eigenvalue weighted by Crippen LogP contribution is 2.34. The topological polar surface area (TPSA) is 105 Å². The lowest BCUT2D eigenvalue weighted by atomic mass is 10.2. The number of aliphatic hydroxyl groups excluding tert-OH is 1. The van der Waals surface area contributed by atoms with Gasteiger partial charge in [-0.25, -0.2) is 9.67 Å². The van der Waals surface area contributed by atoms with E-state index in [1.807, 2.05) is 0 Å². The maximum absolute atomic E-state index is 13.7. The Hall–Kier alpha value is -4.45. The highest BCUT2D eigenvalue weighted by Gasteiger charge is 2.37. The lowest BCUT2D eigenvalue weighted by Crippen LogP contribution is -2.29. The molecule has 4 aromatic rings. The number of benzene rings is 1. The fourth-order valence-electron chi connectivity index (χ4n) is 4.24. The van der Waals surface area contributed by atoms with Crippen LogP contribution >= 0.6 is 0 Å². The Morgan fingerprint density at radius 3 is 2.67 bits per heavy atom. The van der Waals surface area contributed by atoms with Crippen LogP contribution in [-0.2, 0) is 11.0 Å². The van der Waals surface area contributed by atoms with Crippen molar-refractivity contribution in [3.05, 3.63) is 84.4 Å². The summed E-state index contributed by atoms with van der Waals surface area (Å²) in [5.41, 5.74) is 0.489. The van der Waals surface area contributed by atoms with E-state index in [0.717, 1.165) is 23.7 Å². The van der Waals surface area contributed by atoms with E-state index >= 15 is 0 Å². The molecule has 202 valence electrons. The van der Waals surface area contributed by atoms with Crippen LogP contribution in [0.1, 0.15) is 30.3 Å². The van der Waals surface area contributed by atoms with E-state index in [1.165, 1.54) is 30.7 Å². The predicted molar refractivity (Wildman–Crippen MR) is 136 cm³/mol. The molecule has 3 aromatic heterocycles. The molecule has 1 saturated heterocycles. The summed E-state index contributed by atoms with van der Waals surface area (Å²) in [4.78, 5) is 21.6. The Balaban J connectivity index is 1.26. The van der Waals surface area contributed by atoms with Crippen LogP contribution < -0.4 is 10.1 Å². The molecule has 9 nitrogen and oxygen atoms in total. The van der Waals surface area contributed by atoms with Crippen molar-refractivity contribution in [2.75, 3.05) is 25.0 Å².